The third kappa shape index (κ3) is 2.42. The van der Waals surface area contributed by atoms with Gasteiger partial charge in [0.25, 0.3) is 5.56 Å². The lowest BCUT2D eigenvalue weighted by molar-refractivity contribution is 0.416. The number of hydrogen-bond acceptors (Lipinski definition) is 3. The van der Waals surface area contributed by atoms with E-state index >= 15 is 0 Å². The van der Waals surface area contributed by atoms with E-state index in [0.717, 1.165) is 4.47 Å². The van der Waals surface area contributed by atoms with Gasteiger partial charge in [-0.25, -0.2) is 9.49 Å². The van der Waals surface area contributed by atoms with Crippen molar-refractivity contribution in [3.05, 3.63) is 57.0 Å². The minimum atomic E-state index is -0.465. The Morgan fingerprint density at radius 2 is 2.00 bits per heavy atom. The molecule has 2 aromatic carbocycles. The molecule has 3 rings (SSSR count). The number of ether oxygens (including phenoxy) is 1. The van der Waals surface area contributed by atoms with Crippen LogP contribution in [0.5, 0.6) is 5.75 Å². The Bertz CT molecular complexity index is 892. The molecule has 0 spiro atoms. The SMILES string of the molecule is COc1cc(Br)ccc1-c1n[nH]c(=O)c2cc(F)ccc12. The van der Waals surface area contributed by atoms with Crippen LogP contribution in [0.25, 0.3) is 22.0 Å². The van der Waals surface area contributed by atoms with E-state index in [1.165, 1.54) is 12.1 Å². The number of aromatic amines is 1. The summed E-state index contributed by atoms with van der Waals surface area (Å²) in [5.41, 5.74) is 0.826. The van der Waals surface area contributed by atoms with Crippen LogP contribution in [0.2, 0.25) is 0 Å². The molecule has 6 heteroatoms. The van der Waals surface area contributed by atoms with Crippen LogP contribution >= 0.6 is 15.9 Å². The maximum Gasteiger partial charge on any atom is 0.272 e. The van der Waals surface area contributed by atoms with Gasteiger partial charge in [-0.1, -0.05) is 15.9 Å². The van der Waals surface area contributed by atoms with Crippen LogP contribution < -0.4 is 10.3 Å². The minimum absolute atomic E-state index is 0.255. The monoisotopic (exact) mass is 348 g/mol. The van der Waals surface area contributed by atoms with Crippen LogP contribution in [0.3, 0.4) is 0 Å². The van der Waals surface area contributed by atoms with Gasteiger partial charge in [0.1, 0.15) is 17.3 Å². The number of nitrogens with one attached hydrogen (secondary N) is 1. The molecule has 0 bridgehead atoms. The summed E-state index contributed by atoms with van der Waals surface area (Å²) in [7, 11) is 1.55. The summed E-state index contributed by atoms with van der Waals surface area (Å²) < 4.78 is 19.6. The molecule has 1 N–H and O–H groups in total. The molecule has 0 radical (unpaired) electrons. The first-order valence-electron chi connectivity index (χ1n) is 6.12. The van der Waals surface area contributed by atoms with E-state index in [9.17, 15) is 9.18 Å². The third-order valence-corrected chi connectivity index (χ3v) is 3.66. The molecule has 1 aromatic heterocycles. The second kappa shape index (κ2) is 5.29. The summed E-state index contributed by atoms with van der Waals surface area (Å²) in [5, 5.41) is 7.31. The lowest BCUT2D eigenvalue weighted by Gasteiger charge is -2.10. The van der Waals surface area contributed by atoms with Crippen molar-refractivity contribution in [1.82, 2.24) is 10.2 Å². The van der Waals surface area contributed by atoms with E-state index in [1.54, 1.807) is 19.2 Å². The van der Waals surface area contributed by atoms with Crippen LogP contribution in [-0.2, 0) is 0 Å². The number of halogens is 2. The maximum atomic E-state index is 13.3. The smallest absolute Gasteiger partial charge is 0.272 e. The van der Waals surface area contributed by atoms with Crippen molar-refractivity contribution in [2.24, 2.45) is 0 Å². The van der Waals surface area contributed by atoms with Crippen molar-refractivity contribution in [2.45, 2.75) is 0 Å². The highest BCUT2D eigenvalue weighted by molar-refractivity contribution is 9.10. The van der Waals surface area contributed by atoms with Crippen LogP contribution in [0.1, 0.15) is 0 Å². The molecular weight excluding hydrogens is 339 g/mol. The highest BCUT2D eigenvalue weighted by Crippen LogP contribution is 2.34. The van der Waals surface area contributed by atoms with Gasteiger partial charge in [-0.15, -0.1) is 0 Å². The van der Waals surface area contributed by atoms with Gasteiger partial charge in [0.2, 0.25) is 0 Å². The molecule has 0 saturated heterocycles. The van der Waals surface area contributed by atoms with Crippen LogP contribution in [0, 0.1) is 5.82 Å². The van der Waals surface area contributed by atoms with Crippen LogP contribution in [0.4, 0.5) is 4.39 Å². The lowest BCUT2D eigenvalue weighted by atomic mass is 10.0. The largest absolute Gasteiger partial charge is 0.496 e. The predicted octanol–water partition coefficient (Wildman–Crippen LogP) is 3.50. The van der Waals surface area contributed by atoms with Crippen molar-refractivity contribution in [1.29, 1.82) is 0 Å². The molecule has 0 aliphatic carbocycles. The van der Waals surface area contributed by atoms with Crippen molar-refractivity contribution in [3.8, 4) is 17.0 Å². The summed E-state index contributed by atoms with van der Waals surface area (Å²) in [5.74, 6) is 0.141. The zero-order valence-corrected chi connectivity index (χ0v) is 12.6. The number of methoxy groups -OCH3 is 1. The van der Waals surface area contributed by atoms with Gasteiger partial charge in [0, 0.05) is 15.4 Å². The fourth-order valence-electron chi connectivity index (χ4n) is 2.20. The third-order valence-electron chi connectivity index (χ3n) is 3.17. The number of rotatable bonds is 2. The summed E-state index contributed by atoms with van der Waals surface area (Å²) in [4.78, 5) is 11.8. The second-order valence-electron chi connectivity index (χ2n) is 4.44. The van der Waals surface area contributed by atoms with E-state index in [4.69, 9.17) is 4.74 Å². The Hall–Kier alpha value is -2.21. The van der Waals surface area contributed by atoms with Gasteiger partial charge in [-0.2, -0.15) is 5.10 Å². The molecule has 0 fully saturated rings. The molecule has 106 valence electrons. The molecule has 0 saturated carbocycles. The number of fused-ring (bicyclic) bond motifs is 1. The summed E-state index contributed by atoms with van der Waals surface area (Å²) in [6.07, 6.45) is 0. The zero-order chi connectivity index (χ0) is 15.0. The Balaban J connectivity index is 2.36. The van der Waals surface area contributed by atoms with Gasteiger partial charge >= 0.3 is 0 Å². The quantitative estimate of drug-likeness (QED) is 0.771. The van der Waals surface area contributed by atoms with Crippen LogP contribution in [0.15, 0.2) is 45.7 Å². The lowest BCUT2D eigenvalue weighted by Crippen LogP contribution is -2.10. The van der Waals surface area contributed by atoms with Gasteiger partial charge in [0.15, 0.2) is 0 Å². The number of nitrogens with zero attached hydrogens (tertiary/aromatic N) is 1. The second-order valence-corrected chi connectivity index (χ2v) is 5.35. The first-order valence-corrected chi connectivity index (χ1v) is 6.91. The fraction of sp³-hybridized carbons (Fsp3) is 0.0667. The van der Waals surface area contributed by atoms with E-state index in [2.05, 4.69) is 26.1 Å². The number of benzene rings is 2. The molecule has 1 heterocycles. The molecule has 0 atom stereocenters. The first-order chi connectivity index (χ1) is 10.1. The first kappa shape index (κ1) is 13.8. The van der Waals surface area contributed by atoms with Gasteiger partial charge < -0.3 is 4.74 Å². The zero-order valence-electron chi connectivity index (χ0n) is 11.0. The average Bonchev–Trinajstić information content (AvgIpc) is 2.48. The van der Waals surface area contributed by atoms with Crippen molar-refractivity contribution >= 4 is 26.7 Å². The molecule has 3 aromatic rings. The summed E-state index contributed by atoms with van der Waals surface area (Å²) in [6, 6.07) is 9.52. The predicted molar refractivity (Wildman–Crippen MR) is 82.0 cm³/mol. The number of hydrogen-bond donors (Lipinski definition) is 1. The van der Waals surface area contributed by atoms with E-state index < -0.39 is 11.4 Å². The molecule has 0 aliphatic rings. The molecule has 4 nitrogen and oxygen atoms in total. The van der Waals surface area contributed by atoms with E-state index in [1.807, 2.05) is 12.1 Å². The normalized spacial score (nSPS) is 10.8. The molecular formula is C15H10BrFN2O2. The standard InChI is InChI=1S/C15H10BrFN2O2/c1-21-13-6-8(16)2-4-11(13)14-10-5-3-9(17)7-12(10)15(20)19-18-14/h2-7H,1H3,(H,19,20). The van der Waals surface area contributed by atoms with Gasteiger partial charge in [0.05, 0.1) is 12.5 Å². The minimum Gasteiger partial charge on any atom is -0.496 e. The molecule has 0 unspecified atom stereocenters. The summed E-state index contributed by atoms with van der Waals surface area (Å²) >= 11 is 3.37. The highest BCUT2D eigenvalue weighted by Gasteiger charge is 2.13. The van der Waals surface area contributed by atoms with Crippen LogP contribution in [-0.4, -0.2) is 17.3 Å². The molecule has 21 heavy (non-hydrogen) atoms. The molecule has 0 aliphatic heterocycles. The Morgan fingerprint density at radius 1 is 1.19 bits per heavy atom. The molecule has 0 amide bonds. The highest BCUT2D eigenvalue weighted by atomic mass is 79.9. The maximum absolute atomic E-state index is 13.3. The van der Waals surface area contributed by atoms with Crippen molar-refractivity contribution in [2.75, 3.05) is 7.11 Å². The van der Waals surface area contributed by atoms with Gasteiger partial charge in [-0.3, -0.25) is 4.79 Å². The topological polar surface area (TPSA) is 55.0 Å². The van der Waals surface area contributed by atoms with Crippen molar-refractivity contribution in [3.63, 3.8) is 0 Å². The Labute approximate surface area is 127 Å². The fourth-order valence-corrected chi connectivity index (χ4v) is 2.54. The van der Waals surface area contributed by atoms with Crippen molar-refractivity contribution < 1.29 is 9.13 Å². The Kier molecular flexibility index (Phi) is 3.47. The average molecular weight is 349 g/mol. The van der Waals surface area contributed by atoms with E-state index in [0.29, 0.717) is 22.4 Å². The number of aromatic nitrogens is 2. The van der Waals surface area contributed by atoms with Gasteiger partial charge in [-0.05, 0) is 36.4 Å². The summed E-state index contributed by atoms with van der Waals surface area (Å²) in [6.45, 7) is 0. The number of H-pyrrole nitrogens is 1. The van der Waals surface area contributed by atoms with E-state index in [-0.39, 0.29) is 5.39 Å². The Morgan fingerprint density at radius 3 is 2.76 bits per heavy atom.